The van der Waals surface area contributed by atoms with E-state index in [1.165, 1.54) is 5.56 Å². The van der Waals surface area contributed by atoms with E-state index in [0.717, 1.165) is 55.1 Å². The minimum atomic E-state index is 0.160. The van der Waals surface area contributed by atoms with Crippen molar-refractivity contribution in [2.45, 2.75) is 12.5 Å². The van der Waals surface area contributed by atoms with Crippen LogP contribution in [0.2, 0.25) is 0 Å². The number of benzene rings is 2. The molecular weight excluding hydrogens is 310 g/mol. The fourth-order valence-corrected chi connectivity index (χ4v) is 3.19. The molecule has 0 spiro atoms. The number of nitrogens with one attached hydrogen (secondary N) is 3. The van der Waals surface area contributed by atoms with Crippen LogP contribution in [0.3, 0.4) is 0 Å². The van der Waals surface area contributed by atoms with Crippen molar-refractivity contribution in [2.24, 2.45) is 0 Å². The molecule has 2 aromatic carbocycles. The van der Waals surface area contributed by atoms with Gasteiger partial charge in [0.1, 0.15) is 11.6 Å². The molecule has 0 aliphatic carbocycles. The Balaban J connectivity index is 1.57. The van der Waals surface area contributed by atoms with E-state index < -0.39 is 0 Å². The quantitative estimate of drug-likeness (QED) is 0.670. The summed E-state index contributed by atoms with van der Waals surface area (Å²) in [5.74, 6) is 1.78. The molecule has 1 atom stereocenters. The highest BCUT2D eigenvalue weighted by Gasteiger charge is 2.19. The molecule has 0 bridgehead atoms. The number of hydrogen-bond acceptors (Lipinski definition) is 5. The third-order valence-electron chi connectivity index (χ3n) is 4.52. The van der Waals surface area contributed by atoms with Crippen molar-refractivity contribution in [3.63, 3.8) is 0 Å². The molecule has 3 N–H and O–H groups in total. The minimum absolute atomic E-state index is 0.160. The third kappa shape index (κ3) is 3.78. The Bertz CT molecular complexity index is 828. The summed E-state index contributed by atoms with van der Waals surface area (Å²) in [6.07, 6.45) is 0.970. The second kappa shape index (κ2) is 7.59. The van der Waals surface area contributed by atoms with Crippen molar-refractivity contribution in [1.29, 1.82) is 0 Å². The minimum Gasteiger partial charge on any atom is -0.369 e. The van der Waals surface area contributed by atoms with Gasteiger partial charge >= 0.3 is 0 Å². The lowest BCUT2D eigenvalue weighted by molar-refractivity contribution is 0.416. The van der Waals surface area contributed by atoms with Gasteiger partial charge in [-0.25, -0.2) is 9.97 Å². The molecule has 1 fully saturated rings. The molecule has 0 amide bonds. The summed E-state index contributed by atoms with van der Waals surface area (Å²) >= 11 is 0. The van der Waals surface area contributed by atoms with Crippen LogP contribution in [0.5, 0.6) is 0 Å². The summed E-state index contributed by atoms with van der Waals surface area (Å²) in [6.45, 7) is 3.65. The molecule has 3 aromatic rings. The largest absolute Gasteiger partial charge is 0.369 e. The molecule has 128 valence electrons. The van der Waals surface area contributed by atoms with Crippen molar-refractivity contribution in [2.75, 3.05) is 31.5 Å². The molecule has 5 heteroatoms. The van der Waals surface area contributed by atoms with Crippen molar-refractivity contribution in [1.82, 2.24) is 20.6 Å². The number of anilines is 1. The summed E-state index contributed by atoms with van der Waals surface area (Å²) < 4.78 is 0. The van der Waals surface area contributed by atoms with Gasteiger partial charge in [0.25, 0.3) is 0 Å². The molecule has 25 heavy (non-hydrogen) atoms. The Labute approximate surface area is 147 Å². The van der Waals surface area contributed by atoms with Crippen LogP contribution in [-0.4, -0.2) is 36.1 Å². The van der Waals surface area contributed by atoms with Gasteiger partial charge < -0.3 is 16.0 Å². The van der Waals surface area contributed by atoms with Crippen LogP contribution >= 0.6 is 0 Å². The maximum atomic E-state index is 4.83. The van der Waals surface area contributed by atoms with Gasteiger partial charge in [0, 0.05) is 31.6 Å². The number of aromatic nitrogens is 2. The maximum Gasteiger partial charge on any atom is 0.149 e. The molecule has 0 saturated carbocycles. The van der Waals surface area contributed by atoms with Crippen LogP contribution in [0.1, 0.15) is 17.4 Å². The fourth-order valence-electron chi connectivity index (χ4n) is 3.19. The van der Waals surface area contributed by atoms with Crippen LogP contribution in [0.25, 0.3) is 10.9 Å². The first-order valence-electron chi connectivity index (χ1n) is 8.89. The normalized spacial score (nSPS) is 17.5. The van der Waals surface area contributed by atoms with E-state index in [4.69, 9.17) is 9.97 Å². The predicted octanol–water partition coefficient (Wildman–Crippen LogP) is 2.52. The zero-order valence-electron chi connectivity index (χ0n) is 14.2. The van der Waals surface area contributed by atoms with E-state index in [1.807, 2.05) is 18.2 Å². The van der Waals surface area contributed by atoms with E-state index in [0.29, 0.717) is 0 Å². The Morgan fingerprint density at radius 3 is 2.64 bits per heavy atom. The second-order valence-corrected chi connectivity index (χ2v) is 6.32. The second-order valence-electron chi connectivity index (χ2n) is 6.32. The first kappa shape index (κ1) is 16.0. The Morgan fingerprint density at radius 2 is 1.80 bits per heavy atom. The van der Waals surface area contributed by atoms with Gasteiger partial charge in [0.2, 0.25) is 0 Å². The fraction of sp³-hybridized carbons (Fsp3) is 0.300. The summed E-state index contributed by atoms with van der Waals surface area (Å²) in [5, 5.41) is 11.5. The molecule has 1 aliphatic rings. The molecule has 4 rings (SSSR count). The molecular formula is C20H23N5. The molecule has 1 unspecified atom stereocenters. The zero-order valence-corrected chi connectivity index (χ0v) is 14.2. The van der Waals surface area contributed by atoms with E-state index >= 15 is 0 Å². The molecule has 5 nitrogen and oxygen atoms in total. The summed E-state index contributed by atoms with van der Waals surface area (Å²) in [6, 6.07) is 18.9. The first-order valence-corrected chi connectivity index (χ1v) is 8.89. The van der Waals surface area contributed by atoms with Crippen LogP contribution in [-0.2, 0) is 6.42 Å². The van der Waals surface area contributed by atoms with Crippen LogP contribution in [0.4, 0.5) is 5.82 Å². The van der Waals surface area contributed by atoms with Gasteiger partial charge in [-0.15, -0.1) is 0 Å². The van der Waals surface area contributed by atoms with Crippen LogP contribution in [0, 0.1) is 0 Å². The molecule has 1 aliphatic heterocycles. The van der Waals surface area contributed by atoms with Crippen LogP contribution < -0.4 is 16.0 Å². The van der Waals surface area contributed by atoms with Crippen molar-refractivity contribution in [3.05, 3.63) is 66.0 Å². The highest BCUT2D eigenvalue weighted by molar-refractivity contribution is 5.89. The van der Waals surface area contributed by atoms with E-state index in [2.05, 4.69) is 52.3 Å². The molecule has 1 aromatic heterocycles. The lowest BCUT2D eigenvalue weighted by Crippen LogP contribution is -2.43. The van der Waals surface area contributed by atoms with E-state index in [-0.39, 0.29) is 6.04 Å². The number of rotatable bonds is 5. The van der Waals surface area contributed by atoms with Crippen molar-refractivity contribution < 1.29 is 0 Å². The highest BCUT2D eigenvalue weighted by Crippen LogP contribution is 2.22. The van der Waals surface area contributed by atoms with Crippen molar-refractivity contribution in [3.8, 4) is 0 Å². The molecule has 1 saturated heterocycles. The van der Waals surface area contributed by atoms with Gasteiger partial charge in [0.05, 0.1) is 11.6 Å². The van der Waals surface area contributed by atoms with Gasteiger partial charge in [-0.1, -0.05) is 42.5 Å². The number of para-hydroxylation sites is 1. The molecule has 2 heterocycles. The molecule has 0 radical (unpaired) electrons. The Kier molecular flexibility index (Phi) is 4.86. The zero-order chi connectivity index (χ0) is 16.9. The standard InChI is InChI=1S/C20H23N5/c1-2-6-15(7-3-1)10-11-23-19-16-8-4-5-9-17(16)24-20(25-19)18-14-21-12-13-22-18/h1-9,18,21-22H,10-14H2,(H,23,24,25). The lowest BCUT2D eigenvalue weighted by Gasteiger charge is -2.24. The average molecular weight is 333 g/mol. The summed E-state index contributed by atoms with van der Waals surface area (Å²) in [4.78, 5) is 9.60. The van der Waals surface area contributed by atoms with Gasteiger partial charge in [-0.2, -0.15) is 0 Å². The number of hydrogen-bond donors (Lipinski definition) is 3. The number of fused-ring (bicyclic) bond motifs is 1. The van der Waals surface area contributed by atoms with Gasteiger partial charge in [-0.3, -0.25) is 0 Å². The monoisotopic (exact) mass is 333 g/mol. The summed E-state index contributed by atoms with van der Waals surface area (Å²) in [7, 11) is 0. The maximum absolute atomic E-state index is 4.83. The van der Waals surface area contributed by atoms with E-state index in [9.17, 15) is 0 Å². The Morgan fingerprint density at radius 1 is 0.960 bits per heavy atom. The third-order valence-corrected chi connectivity index (χ3v) is 4.52. The average Bonchev–Trinajstić information content (AvgIpc) is 2.69. The predicted molar refractivity (Wildman–Crippen MR) is 102 cm³/mol. The number of piperazine rings is 1. The first-order chi connectivity index (χ1) is 12.4. The summed E-state index contributed by atoms with van der Waals surface area (Å²) in [5.41, 5.74) is 2.31. The smallest absolute Gasteiger partial charge is 0.149 e. The SMILES string of the molecule is c1ccc(CCNc2nc(C3CNCCN3)nc3ccccc23)cc1. The highest BCUT2D eigenvalue weighted by atomic mass is 15.1. The lowest BCUT2D eigenvalue weighted by atomic mass is 10.1. The van der Waals surface area contributed by atoms with Gasteiger partial charge in [-0.05, 0) is 24.1 Å². The van der Waals surface area contributed by atoms with Crippen LogP contribution in [0.15, 0.2) is 54.6 Å². The number of nitrogens with zero attached hydrogens (tertiary/aromatic N) is 2. The van der Waals surface area contributed by atoms with Crippen molar-refractivity contribution >= 4 is 16.7 Å². The topological polar surface area (TPSA) is 61.9 Å². The van der Waals surface area contributed by atoms with E-state index in [1.54, 1.807) is 0 Å². The van der Waals surface area contributed by atoms with Gasteiger partial charge in [0.15, 0.2) is 0 Å². The Hall–Kier alpha value is -2.50.